The number of nitrogens with one attached hydrogen (secondary N) is 2. The molecule has 1 rings (SSSR count). The van der Waals surface area contributed by atoms with Gasteiger partial charge in [-0.2, -0.15) is 0 Å². The fraction of sp³-hybridized carbons (Fsp3) is 0.333. The molecule has 0 heterocycles. The molecule has 5 nitrogen and oxygen atoms in total. The van der Waals surface area contributed by atoms with Gasteiger partial charge in [-0.05, 0) is 18.7 Å². The predicted octanol–water partition coefficient (Wildman–Crippen LogP) is 0.479. The van der Waals surface area contributed by atoms with E-state index < -0.39 is 12.0 Å². The second kappa shape index (κ2) is 6.65. The van der Waals surface area contributed by atoms with E-state index in [0.29, 0.717) is 12.1 Å². The van der Waals surface area contributed by atoms with Gasteiger partial charge in [0.1, 0.15) is 6.04 Å². The Hall–Kier alpha value is -1.88. The molecule has 0 aliphatic rings. The van der Waals surface area contributed by atoms with Gasteiger partial charge in [0, 0.05) is 12.1 Å². The van der Waals surface area contributed by atoms with E-state index in [-0.39, 0.29) is 12.5 Å². The van der Waals surface area contributed by atoms with Crippen LogP contribution in [-0.4, -0.2) is 36.1 Å². The average molecular weight is 236 g/mol. The summed E-state index contributed by atoms with van der Waals surface area (Å²) in [6.45, 7) is 2.74. The molecule has 0 bridgehead atoms. The highest BCUT2D eigenvalue weighted by molar-refractivity contribution is 5.96. The van der Waals surface area contributed by atoms with Crippen molar-refractivity contribution >= 4 is 11.9 Å². The van der Waals surface area contributed by atoms with Crippen molar-refractivity contribution in [1.82, 2.24) is 10.6 Å². The Kier molecular flexibility index (Phi) is 5.16. The monoisotopic (exact) mass is 236 g/mol. The summed E-state index contributed by atoms with van der Waals surface area (Å²) >= 11 is 0. The third-order valence-corrected chi connectivity index (χ3v) is 2.24. The summed E-state index contributed by atoms with van der Waals surface area (Å²) in [4.78, 5) is 22.6. The Bertz CT molecular complexity index is 379. The minimum Gasteiger partial charge on any atom is -0.480 e. The number of benzene rings is 1. The second-order valence-corrected chi connectivity index (χ2v) is 3.54. The average Bonchev–Trinajstić information content (AvgIpc) is 2.35. The molecule has 0 radical (unpaired) electrons. The molecule has 1 atom stereocenters. The molecule has 1 aromatic carbocycles. The maximum absolute atomic E-state index is 11.7. The molecule has 0 aromatic heterocycles. The van der Waals surface area contributed by atoms with Crippen molar-refractivity contribution in [2.75, 3.05) is 13.1 Å². The highest BCUT2D eigenvalue weighted by Gasteiger charge is 2.19. The Morgan fingerprint density at radius 3 is 2.47 bits per heavy atom. The van der Waals surface area contributed by atoms with Gasteiger partial charge in [0.05, 0.1) is 0 Å². The van der Waals surface area contributed by atoms with Crippen molar-refractivity contribution in [3.8, 4) is 0 Å². The molecule has 0 saturated heterocycles. The first-order valence-corrected chi connectivity index (χ1v) is 5.44. The number of carboxylic acids is 1. The summed E-state index contributed by atoms with van der Waals surface area (Å²) in [5, 5.41) is 14.3. The number of hydrogen-bond acceptors (Lipinski definition) is 3. The first-order valence-electron chi connectivity index (χ1n) is 5.44. The fourth-order valence-corrected chi connectivity index (χ4v) is 1.32. The zero-order valence-electron chi connectivity index (χ0n) is 9.64. The molecule has 5 heteroatoms. The largest absolute Gasteiger partial charge is 0.480 e. The van der Waals surface area contributed by atoms with Crippen LogP contribution in [0.1, 0.15) is 17.3 Å². The normalized spacial score (nSPS) is 11.8. The highest BCUT2D eigenvalue weighted by atomic mass is 16.4. The van der Waals surface area contributed by atoms with Gasteiger partial charge in [0.15, 0.2) is 0 Å². The van der Waals surface area contributed by atoms with Crippen molar-refractivity contribution in [3.05, 3.63) is 35.9 Å². The van der Waals surface area contributed by atoms with Crippen LogP contribution in [0.15, 0.2) is 30.3 Å². The van der Waals surface area contributed by atoms with Crippen molar-refractivity contribution in [1.29, 1.82) is 0 Å². The fourth-order valence-electron chi connectivity index (χ4n) is 1.32. The van der Waals surface area contributed by atoms with Crippen LogP contribution in [0.5, 0.6) is 0 Å². The zero-order chi connectivity index (χ0) is 12.7. The SMILES string of the molecule is CCNC[C@@H](NC(=O)c1ccccc1)C(=O)O. The van der Waals surface area contributed by atoms with Crippen LogP contribution < -0.4 is 10.6 Å². The third kappa shape index (κ3) is 4.24. The van der Waals surface area contributed by atoms with Crippen LogP contribution >= 0.6 is 0 Å². The van der Waals surface area contributed by atoms with E-state index >= 15 is 0 Å². The number of carboxylic acid groups (broad SMARTS) is 1. The maximum Gasteiger partial charge on any atom is 0.327 e. The van der Waals surface area contributed by atoms with E-state index in [2.05, 4.69) is 10.6 Å². The van der Waals surface area contributed by atoms with Gasteiger partial charge < -0.3 is 15.7 Å². The molecule has 17 heavy (non-hydrogen) atoms. The molecule has 3 N–H and O–H groups in total. The van der Waals surface area contributed by atoms with E-state index in [0.717, 1.165) is 0 Å². The number of likely N-dealkylation sites (N-methyl/N-ethyl adjacent to an activating group) is 1. The molecule has 0 unspecified atom stereocenters. The first-order chi connectivity index (χ1) is 8.15. The third-order valence-electron chi connectivity index (χ3n) is 2.24. The minimum absolute atomic E-state index is 0.213. The molecule has 0 spiro atoms. The van der Waals surface area contributed by atoms with Crippen molar-refractivity contribution < 1.29 is 14.7 Å². The number of amides is 1. The second-order valence-electron chi connectivity index (χ2n) is 3.54. The Labute approximate surface area is 99.8 Å². The van der Waals surface area contributed by atoms with Crippen LogP contribution in [0.3, 0.4) is 0 Å². The molecular weight excluding hydrogens is 220 g/mol. The molecule has 0 aliphatic carbocycles. The number of carbonyl (C=O) groups excluding carboxylic acids is 1. The van der Waals surface area contributed by atoms with Crippen LogP contribution in [0, 0.1) is 0 Å². The van der Waals surface area contributed by atoms with Crippen LogP contribution in [0.25, 0.3) is 0 Å². The number of hydrogen-bond donors (Lipinski definition) is 3. The van der Waals surface area contributed by atoms with E-state index in [4.69, 9.17) is 5.11 Å². The van der Waals surface area contributed by atoms with Gasteiger partial charge in [-0.1, -0.05) is 25.1 Å². The quantitative estimate of drug-likeness (QED) is 0.671. The predicted molar refractivity (Wildman–Crippen MR) is 63.9 cm³/mol. The van der Waals surface area contributed by atoms with Crippen molar-refractivity contribution in [2.45, 2.75) is 13.0 Å². The lowest BCUT2D eigenvalue weighted by Gasteiger charge is -2.14. The zero-order valence-corrected chi connectivity index (χ0v) is 9.64. The first kappa shape index (κ1) is 13.2. The Morgan fingerprint density at radius 1 is 1.29 bits per heavy atom. The van der Waals surface area contributed by atoms with Crippen molar-refractivity contribution in [3.63, 3.8) is 0 Å². The van der Waals surface area contributed by atoms with E-state index in [1.165, 1.54) is 0 Å². The molecular formula is C12H16N2O3. The highest BCUT2D eigenvalue weighted by Crippen LogP contribution is 1.98. The van der Waals surface area contributed by atoms with E-state index in [1.807, 2.05) is 6.92 Å². The summed E-state index contributed by atoms with van der Waals surface area (Å²) in [5.41, 5.74) is 0.454. The summed E-state index contributed by atoms with van der Waals surface area (Å²) in [5.74, 6) is -1.42. The molecule has 92 valence electrons. The van der Waals surface area contributed by atoms with Gasteiger partial charge in [-0.15, -0.1) is 0 Å². The number of rotatable bonds is 6. The van der Waals surface area contributed by atoms with E-state index in [9.17, 15) is 9.59 Å². The summed E-state index contributed by atoms with van der Waals surface area (Å²) in [7, 11) is 0. The Balaban J connectivity index is 2.61. The maximum atomic E-state index is 11.7. The minimum atomic E-state index is -1.05. The van der Waals surface area contributed by atoms with Crippen LogP contribution in [0.2, 0.25) is 0 Å². The lowest BCUT2D eigenvalue weighted by atomic mass is 10.2. The van der Waals surface area contributed by atoms with E-state index in [1.54, 1.807) is 30.3 Å². The van der Waals surface area contributed by atoms with Gasteiger partial charge >= 0.3 is 5.97 Å². The topological polar surface area (TPSA) is 78.4 Å². The Morgan fingerprint density at radius 2 is 1.94 bits per heavy atom. The van der Waals surface area contributed by atoms with Crippen LogP contribution in [0.4, 0.5) is 0 Å². The molecule has 1 aromatic rings. The number of carbonyl (C=O) groups is 2. The molecule has 1 amide bonds. The number of aliphatic carboxylic acids is 1. The lowest BCUT2D eigenvalue weighted by Crippen LogP contribution is -2.47. The van der Waals surface area contributed by atoms with Gasteiger partial charge in [0.2, 0.25) is 0 Å². The van der Waals surface area contributed by atoms with Crippen LogP contribution in [-0.2, 0) is 4.79 Å². The molecule has 0 aliphatic heterocycles. The van der Waals surface area contributed by atoms with Gasteiger partial charge in [-0.3, -0.25) is 4.79 Å². The molecule has 0 fully saturated rings. The smallest absolute Gasteiger partial charge is 0.327 e. The summed E-state index contributed by atoms with van der Waals surface area (Å²) < 4.78 is 0. The summed E-state index contributed by atoms with van der Waals surface area (Å²) in [6, 6.07) is 7.62. The molecule has 0 saturated carbocycles. The lowest BCUT2D eigenvalue weighted by molar-refractivity contribution is -0.139. The van der Waals surface area contributed by atoms with Crippen molar-refractivity contribution in [2.24, 2.45) is 0 Å². The summed E-state index contributed by atoms with van der Waals surface area (Å²) in [6.07, 6.45) is 0. The van der Waals surface area contributed by atoms with Gasteiger partial charge in [-0.25, -0.2) is 4.79 Å². The van der Waals surface area contributed by atoms with Gasteiger partial charge in [0.25, 0.3) is 5.91 Å². The standard InChI is InChI=1S/C12H16N2O3/c1-2-13-8-10(12(16)17)14-11(15)9-6-4-3-5-7-9/h3-7,10,13H,2,8H2,1H3,(H,14,15)(H,16,17)/t10-/m1/s1.